The average Bonchev–Trinajstić information content (AvgIpc) is 2.16. The molecule has 82 valence electrons. The molecule has 0 aromatic heterocycles. The maximum absolute atomic E-state index is 11.7. The van der Waals surface area contributed by atoms with Gasteiger partial charge in [-0.05, 0) is 18.2 Å². The molecule has 0 amide bonds. The van der Waals surface area contributed by atoms with Crippen LogP contribution in [-0.4, -0.2) is 20.5 Å². The van der Waals surface area contributed by atoms with Crippen LogP contribution in [0.1, 0.15) is 24.2 Å². The van der Waals surface area contributed by atoms with Crippen LogP contribution in [0.3, 0.4) is 0 Å². The van der Waals surface area contributed by atoms with E-state index in [2.05, 4.69) is 0 Å². The summed E-state index contributed by atoms with van der Waals surface area (Å²) in [6.07, 6.45) is 0. The van der Waals surface area contributed by atoms with Crippen LogP contribution in [0.25, 0.3) is 0 Å². The minimum Gasteiger partial charge on any atom is -0.478 e. The monoisotopic (exact) mass is 246 g/mol. The molecule has 0 aliphatic carbocycles. The maximum atomic E-state index is 11.7. The fraction of sp³-hybridized carbons (Fsp3) is 0.300. The summed E-state index contributed by atoms with van der Waals surface area (Å²) < 4.78 is 11.7. The Balaban J connectivity index is 3.19. The number of benzene rings is 1. The number of carboxylic acids is 1. The van der Waals surface area contributed by atoms with Gasteiger partial charge >= 0.3 is 5.97 Å². The number of hydrogen-bond acceptors (Lipinski definition) is 2. The van der Waals surface area contributed by atoms with Gasteiger partial charge in [-0.15, -0.1) is 0 Å². The first-order valence-corrected chi connectivity index (χ1v) is 5.96. The van der Waals surface area contributed by atoms with Crippen molar-refractivity contribution in [2.75, 3.05) is 0 Å². The molecule has 5 heteroatoms. The molecule has 0 saturated heterocycles. The van der Waals surface area contributed by atoms with E-state index in [1.54, 1.807) is 6.07 Å². The molecule has 1 rings (SSSR count). The van der Waals surface area contributed by atoms with Crippen molar-refractivity contribution in [2.45, 2.75) is 24.0 Å². The lowest BCUT2D eigenvalue weighted by Crippen LogP contribution is -2.07. The molecule has 1 N–H and O–H groups in total. The molecule has 0 bridgehead atoms. The Morgan fingerprint density at radius 3 is 2.53 bits per heavy atom. The van der Waals surface area contributed by atoms with Crippen LogP contribution in [0.15, 0.2) is 23.1 Å². The molecule has 0 fully saturated rings. The van der Waals surface area contributed by atoms with E-state index in [9.17, 15) is 9.00 Å². The minimum absolute atomic E-state index is 0.0110. The van der Waals surface area contributed by atoms with Gasteiger partial charge in [-0.2, -0.15) is 0 Å². The van der Waals surface area contributed by atoms with Gasteiger partial charge in [0.25, 0.3) is 0 Å². The van der Waals surface area contributed by atoms with Crippen LogP contribution in [0.2, 0.25) is 5.02 Å². The van der Waals surface area contributed by atoms with Crippen LogP contribution in [0.5, 0.6) is 0 Å². The van der Waals surface area contributed by atoms with Crippen molar-refractivity contribution in [3.8, 4) is 0 Å². The number of carbonyl (C=O) groups is 1. The highest BCUT2D eigenvalue weighted by molar-refractivity contribution is 7.85. The highest BCUT2D eigenvalue weighted by Gasteiger charge is 2.14. The Kier molecular flexibility index (Phi) is 3.88. The van der Waals surface area contributed by atoms with Crippen LogP contribution >= 0.6 is 11.6 Å². The third-order valence-electron chi connectivity index (χ3n) is 1.83. The van der Waals surface area contributed by atoms with Gasteiger partial charge < -0.3 is 5.11 Å². The van der Waals surface area contributed by atoms with E-state index in [4.69, 9.17) is 16.7 Å². The zero-order valence-electron chi connectivity index (χ0n) is 8.36. The molecule has 1 aromatic carbocycles. The van der Waals surface area contributed by atoms with Crippen molar-refractivity contribution in [1.82, 2.24) is 0 Å². The Morgan fingerprint density at radius 2 is 2.07 bits per heavy atom. The van der Waals surface area contributed by atoms with E-state index in [1.165, 1.54) is 12.1 Å². The van der Waals surface area contributed by atoms with Crippen molar-refractivity contribution in [1.29, 1.82) is 0 Å². The Hall–Kier alpha value is -0.870. The molecule has 3 nitrogen and oxygen atoms in total. The highest BCUT2D eigenvalue weighted by atomic mass is 35.5. The smallest absolute Gasteiger partial charge is 0.337 e. The van der Waals surface area contributed by atoms with Gasteiger partial charge in [0.05, 0.1) is 21.4 Å². The molecular weight excluding hydrogens is 236 g/mol. The second kappa shape index (κ2) is 4.77. The van der Waals surface area contributed by atoms with Gasteiger partial charge in [0.1, 0.15) is 0 Å². The topological polar surface area (TPSA) is 54.4 Å². The molecule has 1 aromatic rings. The predicted molar refractivity (Wildman–Crippen MR) is 60.0 cm³/mol. The summed E-state index contributed by atoms with van der Waals surface area (Å²) in [6.45, 7) is 3.62. The molecule has 0 spiro atoms. The molecular formula is C10H11ClO3S. The molecule has 15 heavy (non-hydrogen) atoms. The van der Waals surface area contributed by atoms with Crippen LogP contribution in [-0.2, 0) is 10.8 Å². The van der Waals surface area contributed by atoms with Crippen LogP contribution < -0.4 is 0 Å². The number of hydrogen-bond donors (Lipinski definition) is 1. The summed E-state index contributed by atoms with van der Waals surface area (Å²) in [5, 5.41) is 8.94. The lowest BCUT2D eigenvalue weighted by Gasteiger charge is -2.07. The molecule has 0 saturated carbocycles. The van der Waals surface area contributed by atoms with Crippen molar-refractivity contribution in [3.05, 3.63) is 28.8 Å². The van der Waals surface area contributed by atoms with E-state index >= 15 is 0 Å². The van der Waals surface area contributed by atoms with E-state index in [-0.39, 0.29) is 15.8 Å². The van der Waals surface area contributed by atoms with Crippen molar-refractivity contribution in [2.24, 2.45) is 0 Å². The van der Waals surface area contributed by atoms with Crippen LogP contribution in [0, 0.1) is 0 Å². The molecule has 0 aliphatic rings. The third kappa shape index (κ3) is 2.79. The molecule has 0 heterocycles. The normalized spacial score (nSPS) is 12.8. The third-order valence-corrected chi connectivity index (χ3v) is 3.73. The number of carboxylic acid groups (broad SMARTS) is 1. The second-order valence-electron chi connectivity index (χ2n) is 3.29. The predicted octanol–water partition coefficient (Wildman–Crippen LogP) is 2.55. The molecule has 0 radical (unpaired) electrons. The van der Waals surface area contributed by atoms with Crippen molar-refractivity contribution >= 4 is 28.4 Å². The van der Waals surface area contributed by atoms with Gasteiger partial charge in [0.2, 0.25) is 0 Å². The largest absolute Gasteiger partial charge is 0.478 e. The first kappa shape index (κ1) is 12.2. The Labute approximate surface area is 95.5 Å². The zero-order chi connectivity index (χ0) is 11.6. The quantitative estimate of drug-likeness (QED) is 0.892. The summed E-state index contributed by atoms with van der Waals surface area (Å²) in [7, 11) is -1.19. The van der Waals surface area contributed by atoms with E-state index in [0.29, 0.717) is 4.90 Å². The summed E-state index contributed by atoms with van der Waals surface area (Å²) >= 11 is 5.70. The van der Waals surface area contributed by atoms with Gasteiger partial charge in [0, 0.05) is 10.1 Å². The number of halogens is 1. The Bertz CT molecular complexity index is 415. The molecule has 1 unspecified atom stereocenters. The number of rotatable bonds is 3. The first-order chi connectivity index (χ1) is 6.93. The number of aromatic carboxylic acids is 1. The van der Waals surface area contributed by atoms with E-state index < -0.39 is 16.8 Å². The summed E-state index contributed by atoms with van der Waals surface area (Å²) in [5.41, 5.74) is -0.0110. The summed E-state index contributed by atoms with van der Waals surface area (Å²) in [4.78, 5) is 11.3. The summed E-state index contributed by atoms with van der Waals surface area (Å²) in [6, 6.07) is 4.41. The standard InChI is InChI=1S/C10H11ClO3S/c1-6(2)15(14)7-3-4-9(11)8(5-7)10(12)13/h3-6H,1-2H3,(H,12,13). The van der Waals surface area contributed by atoms with Crippen molar-refractivity contribution < 1.29 is 14.1 Å². The van der Waals surface area contributed by atoms with Gasteiger partial charge in [-0.3, -0.25) is 4.21 Å². The maximum Gasteiger partial charge on any atom is 0.337 e. The van der Waals surface area contributed by atoms with Crippen molar-refractivity contribution in [3.63, 3.8) is 0 Å². The fourth-order valence-corrected chi connectivity index (χ4v) is 2.24. The zero-order valence-corrected chi connectivity index (χ0v) is 9.93. The SMILES string of the molecule is CC(C)S(=O)c1ccc(Cl)c(C(=O)O)c1. The highest BCUT2D eigenvalue weighted by Crippen LogP contribution is 2.20. The lowest BCUT2D eigenvalue weighted by molar-refractivity contribution is 0.0697. The Morgan fingerprint density at radius 1 is 1.47 bits per heavy atom. The van der Waals surface area contributed by atoms with Gasteiger partial charge in [0.15, 0.2) is 0 Å². The molecule has 1 atom stereocenters. The first-order valence-electron chi connectivity index (χ1n) is 4.37. The summed E-state index contributed by atoms with van der Waals surface area (Å²) in [5.74, 6) is -1.11. The molecule has 0 aliphatic heterocycles. The lowest BCUT2D eigenvalue weighted by atomic mass is 10.2. The second-order valence-corrected chi connectivity index (χ2v) is 5.71. The van der Waals surface area contributed by atoms with Crippen LogP contribution in [0.4, 0.5) is 0 Å². The average molecular weight is 247 g/mol. The van der Waals surface area contributed by atoms with E-state index in [0.717, 1.165) is 0 Å². The minimum atomic E-state index is -1.19. The van der Waals surface area contributed by atoms with Gasteiger partial charge in [-0.1, -0.05) is 25.4 Å². The fourth-order valence-electron chi connectivity index (χ4n) is 1.07. The van der Waals surface area contributed by atoms with E-state index in [1.807, 2.05) is 13.8 Å². The van der Waals surface area contributed by atoms with Gasteiger partial charge in [-0.25, -0.2) is 4.79 Å².